The maximum absolute atomic E-state index is 9.97. The van der Waals surface area contributed by atoms with Crippen LogP contribution in [0.5, 0.6) is 0 Å². The molecule has 10 heavy (non-hydrogen) atoms. The molecule has 0 aliphatic heterocycles. The second-order valence-corrected chi connectivity index (χ2v) is 2.53. The van der Waals surface area contributed by atoms with Crippen LogP contribution >= 0.6 is 0 Å². The molecule has 0 heterocycles. The smallest absolute Gasteiger partial charge is 0.120 e. The van der Waals surface area contributed by atoms with Crippen molar-refractivity contribution in [3.8, 4) is 0 Å². The molecule has 0 rings (SSSR count). The number of aliphatic hydroxyl groups excluding tert-OH is 1. The number of hydrogen-bond donors (Lipinski definition) is 1. The highest BCUT2D eigenvalue weighted by Gasteiger charge is 2.03. The van der Waals surface area contributed by atoms with Gasteiger partial charge in [0.1, 0.15) is 6.29 Å². The maximum atomic E-state index is 9.97. The van der Waals surface area contributed by atoms with Crippen molar-refractivity contribution in [3.05, 3.63) is 0 Å². The third-order valence-electron chi connectivity index (χ3n) is 1.81. The lowest BCUT2D eigenvalue weighted by atomic mass is 9.98. The van der Waals surface area contributed by atoms with Crippen LogP contribution in [0.4, 0.5) is 0 Å². The average Bonchev–Trinajstić information content (AvgIpc) is 1.98. The Labute approximate surface area is 62.2 Å². The van der Waals surface area contributed by atoms with Gasteiger partial charge in [-0.1, -0.05) is 13.3 Å². The molecule has 0 aromatic heterocycles. The highest BCUT2D eigenvalue weighted by atomic mass is 16.3. The molecule has 1 unspecified atom stereocenters. The van der Waals surface area contributed by atoms with Crippen LogP contribution in [0.2, 0.25) is 0 Å². The fourth-order valence-corrected chi connectivity index (χ4v) is 1.04. The normalized spacial score (nSPS) is 13.0. The molecule has 0 aliphatic rings. The first-order valence-electron chi connectivity index (χ1n) is 3.89. The summed E-state index contributed by atoms with van der Waals surface area (Å²) in [5.41, 5.74) is 0. The molecule has 0 fully saturated rings. The molecular weight excluding hydrogens is 128 g/mol. The molecule has 0 bridgehead atoms. The fourth-order valence-electron chi connectivity index (χ4n) is 1.04. The van der Waals surface area contributed by atoms with Crippen LogP contribution in [-0.4, -0.2) is 18.0 Å². The van der Waals surface area contributed by atoms with Crippen LogP contribution in [0.15, 0.2) is 0 Å². The minimum absolute atomic E-state index is 0.247. The Morgan fingerprint density at radius 3 is 2.60 bits per heavy atom. The van der Waals surface area contributed by atoms with E-state index in [4.69, 9.17) is 5.11 Å². The molecular formula is C8H16O2. The minimum atomic E-state index is 0.247. The van der Waals surface area contributed by atoms with E-state index < -0.39 is 0 Å². The SMILES string of the molecule is CCC(CCO)CCC=O. The van der Waals surface area contributed by atoms with Gasteiger partial charge in [0.2, 0.25) is 0 Å². The zero-order valence-electron chi connectivity index (χ0n) is 6.55. The Balaban J connectivity index is 3.29. The lowest BCUT2D eigenvalue weighted by molar-refractivity contribution is -0.108. The van der Waals surface area contributed by atoms with E-state index in [0.717, 1.165) is 25.5 Å². The topological polar surface area (TPSA) is 37.3 Å². The lowest BCUT2D eigenvalue weighted by Crippen LogP contribution is -2.01. The van der Waals surface area contributed by atoms with E-state index in [1.54, 1.807) is 0 Å². The van der Waals surface area contributed by atoms with Gasteiger partial charge in [-0.25, -0.2) is 0 Å². The Kier molecular flexibility index (Phi) is 6.50. The fraction of sp³-hybridized carbons (Fsp3) is 0.875. The highest BCUT2D eigenvalue weighted by molar-refractivity contribution is 5.49. The van der Waals surface area contributed by atoms with Crippen LogP contribution < -0.4 is 0 Å². The maximum Gasteiger partial charge on any atom is 0.120 e. The van der Waals surface area contributed by atoms with Gasteiger partial charge in [0, 0.05) is 13.0 Å². The van der Waals surface area contributed by atoms with Gasteiger partial charge in [-0.2, -0.15) is 0 Å². The molecule has 0 aromatic carbocycles. The summed E-state index contributed by atoms with van der Waals surface area (Å²) in [5, 5.41) is 8.58. The summed E-state index contributed by atoms with van der Waals surface area (Å²) >= 11 is 0. The van der Waals surface area contributed by atoms with E-state index in [1.165, 1.54) is 0 Å². The highest BCUT2D eigenvalue weighted by Crippen LogP contribution is 2.13. The molecule has 0 spiro atoms. The molecule has 2 heteroatoms. The Morgan fingerprint density at radius 1 is 1.50 bits per heavy atom. The van der Waals surface area contributed by atoms with Crippen LogP contribution in [0.3, 0.4) is 0 Å². The third kappa shape index (κ3) is 4.50. The zero-order valence-corrected chi connectivity index (χ0v) is 6.55. The van der Waals surface area contributed by atoms with Crippen molar-refractivity contribution in [2.24, 2.45) is 5.92 Å². The monoisotopic (exact) mass is 144 g/mol. The van der Waals surface area contributed by atoms with E-state index in [0.29, 0.717) is 12.3 Å². The molecule has 0 aliphatic carbocycles. The number of carbonyl (C=O) groups excluding carboxylic acids is 1. The van der Waals surface area contributed by atoms with Crippen molar-refractivity contribution in [2.75, 3.05) is 6.61 Å². The summed E-state index contributed by atoms with van der Waals surface area (Å²) in [5.74, 6) is 0.537. The molecule has 2 nitrogen and oxygen atoms in total. The third-order valence-corrected chi connectivity index (χ3v) is 1.81. The molecule has 1 N–H and O–H groups in total. The first kappa shape index (κ1) is 9.63. The van der Waals surface area contributed by atoms with Crippen molar-refractivity contribution in [2.45, 2.75) is 32.6 Å². The van der Waals surface area contributed by atoms with Crippen LogP contribution in [0.1, 0.15) is 32.6 Å². The first-order chi connectivity index (χ1) is 4.85. The minimum Gasteiger partial charge on any atom is -0.396 e. The van der Waals surface area contributed by atoms with Gasteiger partial charge in [-0.15, -0.1) is 0 Å². The number of rotatable bonds is 6. The molecule has 0 amide bonds. The zero-order chi connectivity index (χ0) is 7.82. The number of aliphatic hydroxyl groups is 1. The van der Waals surface area contributed by atoms with Gasteiger partial charge in [-0.3, -0.25) is 0 Å². The van der Waals surface area contributed by atoms with Crippen molar-refractivity contribution in [3.63, 3.8) is 0 Å². The van der Waals surface area contributed by atoms with Crippen molar-refractivity contribution in [1.29, 1.82) is 0 Å². The largest absolute Gasteiger partial charge is 0.396 e. The second-order valence-electron chi connectivity index (χ2n) is 2.53. The van der Waals surface area contributed by atoms with Gasteiger partial charge < -0.3 is 9.90 Å². The van der Waals surface area contributed by atoms with Gasteiger partial charge in [0.15, 0.2) is 0 Å². The second kappa shape index (κ2) is 6.75. The molecule has 0 saturated heterocycles. The molecule has 0 saturated carbocycles. The molecule has 1 atom stereocenters. The van der Waals surface area contributed by atoms with Crippen molar-refractivity contribution >= 4 is 6.29 Å². The average molecular weight is 144 g/mol. The van der Waals surface area contributed by atoms with E-state index in [-0.39, 0.29) is 6.61 Å². The quantitative estimate of drug-likeness (QED) is 0.572. The molecule has 0 aromatic rings. The van der Waals surface area contributed by atoms with Crippen LogP contribution in [-0.2, 0) is 4.79 Å². The lowest BCUT2D eigenvalue weighted by Gasteiger charge is -2.09. The van der Waals surface area contributed by atoms with Crippen molar-refractivity contribution in [1.82, 2.24) is 0 Å². The number of aldehydes is 1. The Morgan fingerprint density at radius 2 is 2.20 bits per heavy atom. The van der Waals surface area contributed by atoms with E-state index in [9.17, 15) is 4.79 Å². The van der Waals surface area contributed by atoms with E-state index in [2.05, 4.69) is 6.92 Å². The summed E-state index contributed by atoms with van der Waals surface area (Å²) in [4.78, 5) is 9.97. The van der Waals surface area contributed by atoms with Crippen LogP contribution in [0.25, 0.3) is 0 Å². The Bertz CT molecular complexity index is 81.3. The van der Waals surface area contributed by atoms with Crippen molar-refractivity contribution < 1.29 is 9.90 Å². The summed E-state index contributed by atoms with van der Waals surface area (Å²) in [6.45, 7) is 2.34. The Hall–Kier alpha value is -0.370. The first-order valence-corrected chi connectivity index (χ1v) is 3.89. The van der Waals surface area contributed by atoms with Gasteiger partial charge >= 0.3 is 0 Å². The van der Waals surface area contributed by atoms with Gasteiger partial charge in [-0.05, 0) is 18.8 Å². The molecule has 0 radical (unpaired) electrons. The van der Waals surface area contributed by atoms with Gasteiger partial charge in [0.05, 0.1) is 0 Å². The van der Waals surface area contributed by atoms with Gasteiger partial charge in [0.25, 0.3) is 0 Å². The summed E-state index contributed by atoms with van der Waals surface area (Å²) < 4.78 is 0. The number of hydrogen-bond acceptors (Lipinski definition) is 2. The summed E-state index contributed by atoms with van der Waals surface area (Å²) in [7, 11) is 0. The summed E-state index contributed by atoms with van der Waals surface area (Å²) in [6, 6.07) is 0. The van der Waals surface area contributed by atoms with E-state index >= 15 is 0 Å². The predicted molar refractivity (Wildman–Crippen MR) is 40.8 cm³/mol. The van der Waals surface area contributed by atoms with E-state index in [1.807, 2.05) is 0 Å². The predicted octanol–water partition coefficient (Wildman–Crippen LogP) is 1.37. The number of carbonyl (C=O) groups is 1. The molecule has 60 valence electrons. The van der Waals surface area contributed by atoms with Crippen LogP contribution in [0, 0.1) is 5.92 Å². The standard InChI is InChI=1S/C8H16O2/c1-2-8(5-7-10)4-3-6-9/h6,8,10H,2-5,7H2,1H3. The summed E-state index contributed by atoms with van der Waals surface area (Å²) in [6.07, 6.45) is 4.41.